The number of aromatic nitrogens is 5. The standard InChI is InChI=1S/C21H27N9/c1-12-11-23-19-18(12)20(25-17-8-13(2)28-29-17)27-21(26-19)24-14-9-15-4-5-16(10-14)30(15)7-3-6-22/h8,11,14-16H,3-5,7,9-10H2,1-2H3,(H4,23,24,25,26,27,28,29). The molecule has 156 valence electrons. The summed E-state index contributed by atoms with van der Waals surface area (Å²) in [5.74, 6) is 2.12. The van der Waals surface area contributed by atoms with E-state index >= 15 is 0 Å². The van der Waals surface area contributed by atoms with Crippen molar-refractivity contribution in [2.75, 3.05) is 17.2 Å². The summed E-state index contributed by atoms with van der Waals surface area (Å²) in [4.78, 5) is 15.3. The van der Waals surface area contributed by atoms with E-state index in [1.165, 1.54) is 12.8 Å². The lowest BCUT2D eigenvalue weighted by atomic mass is 9.97. The quantitative estimate of drug-likeness (QED) is 0.496. The van der Waals surface area contributed by atoms with Gasteiger partial charge in [0.1, 0.15) is 11.5 Å². The maximum Gasteiger partial charge on any atom is 0.226 e. The molecule has 2 fully saturated rings. The number of hydrogen-bond acceptors (Lipinski definition) is 7. The molecular weight excluding hydrogens is 378 g/mol. The molecule has 2 atom stereocenters. The molecule has 5 rings (SSSR count). The molecule has 3 aromatic rings. The number of hydrogen-bond donors (Lipinski definition) is 4. The van der Waals surface area contributed by atoms with Crippen molar-refractivity contribution in [2.24, 2.45) is 0 Å². The normalized spacial score (nSPS) is 23.6. The Morgan fingerprint density at radius 1 is 1.23 bits per heavy atom. The van der Waals surface area contributed by atoms with Crippen LogP contribution in [0.3, 0.4) is 0 Å². The van der Waals surface area contributed by atoms with E-state index in [0.717, 1.165) is 53.3 Å². The second-order valence-electron chi connectivity index (χ2n) is 8.50. The second kappa shape index (κ2) is 7.61. The van der Waals surface area contributed by atoms with Crippen LogP contribution >= 0.6 is 0 Å². The Bertz CT molecular complexity index is 1080. The van der Waals surface area contributed by atoms with E-state index in [2.05, 4.69) is 36.8 Å². The highest BCUT2D eigenvalue weighted by Crippen LogP contribution is 2.37. The van der Waals surface area contributed by atoms with Crippen LogP contribution in [0, 0.1) is 25.2 Å². The minimum Gasteiger partial charge on any atom is -0.351 e. The highest BCUT2D eigenvalue weighted by atomic mass is 15.3. The predicted molar refractivity (Wildman–Crippen MR) is 116 cm³/mol. The van der Waals surface area contributed by atoms with E-state index in [-0.39, 0.29) is 0 Å². The number of aryl methyl sites for hydroxylation is 2. The summed E-state index contributed by atoms with van der Waals surface area (Å²) in [7, 11) is 0. The number of fused-ring (bicyclic) bond motifs is 3. The second-order valence-corrected chi connectivity index (χ2v) is 8.50. The first kappa shape index (κ1) is 18.9. The SMILES string of the molecule is Cc1cc(Nc2nc(NC3CC4CCC(C3)N4CCC#N)nc3[nH]cc(C)c23)n[nH]1. The van der Waals surface area contributed by atoms with Crippen molar-refractivity contribution in [3.63, 3.8) is 0 Å². The molecule has 2 aliphatic heterocycles. The molecule has 4 N–H and O–H groups in total. The fourth-order valence-electron chi connectivity index (χ4n) is 5.06. The number of nitrogens with one attached hydrogen (secondary N) is 4. The summed E-state index contributed by atoms with van der Waals surface area (Å²) in [6.45, 7) is 4.91. The molecule has 30 heavy (non-hydrogen) atoms. The predicted octanol–water partition coefficient (Wildman–Crippen LogP) is 3.36. The molecule has 5 heterocycles. The molecule has 0 aliphatic carbocycles. The summed E-state index contributed by atoms with van der Waals surface area (Å²) in [5.41, 5.74) is 2.90. The van der Waals surface area contributed by atoms with Crippen LogP contribution < -0.4 is 10.6 Å². The van der Waals surface area contributed by atoms with Crippen LogP contribution in [0.1, 0.15) is 43.4 Å². The molecular formula is C21H27N9. The molecule has 0 radical (unpaired) electrons. The van der Waals surface area contributed by atoms with Gasteiger partial charge in [-0.2, -0.15) is 20.3 Å². The summed E-state index contributed by atoms with van der Waals surface area (Å²) < 4.78 is 0. The van der Waals surface area contributed by atoms with Gasteiger partial charge in [-0.15, -0.1) is 0 Å². The zero-order valence-electron chi connectivity index (χ0n) is 17.4. The zero-order valence-corrected chi connectivity index (χ0v) is 17.4. The summed E-state index contributed by atoms with van der Waals surface area (Å²) in [6.07, 6.45) is 7.13. The van der Waals surface area contributed by atoms with Gasteiger partial charge < -0.3 is 15.6 Å². The third-order valence-electron chi connectivity index (χ3n) is 6.38. The average Bonchev–Trinajstić information content (AvgIpc) is 3.36. The van der Waals surface area contributed by atoms with Crippen LogP contribution in [0.4, 0.5) is 17.6 Å². The van der Waals surface area contributed by atoms with Gasteiger partial charge in [-0.1, -0.05) is 0 Å². The molecule has 0 saturated carbocycles. The number of nitriles is 1. The van der Waals surface area contributed by atoms with Crippen molar-refractivity contribution < 1.29 is 0 Å². The number of anilines is 3. The lowest BCUT2D eigenvalue weighted by Gasteiger charge is -2.38. The zero-order chi connectivity index (χ0) is 20.7. The molecule has 3 aromatic heterocycles. The van der Waals surface area contributed by atoms with Crippen LogP contribution in [-0.2, 0) is 0 Å². The molecule has 0 amide bonds. The minimum absolute atomic E-state index is 0.342. The van der Waals surface area contributed by atoms with Crippen molar-refractivity contribution in [3.8, 4) is 6.07 Å². The Labute approximate surface area is 175 Å². The Morgan fingerprint density at radius 2 is 2.03 bits per heavy atom. The Balaban J connectivity index is 1.37. The lowest BCUT2D eigenvalue weighted by molar-refractivity contribution is 0.135. The fraction of sp³-hybridized carbons (Fsp3) is 0.524. The average molecular weight is 406 g/mol. The van der Waals surface area contributed by atoms with Gasteiger partial charge >= 0.3 is 0 Å². The largest absolute Gasteiger partial charge is 0.351 e. The lowest BCUT2D eigenvalue weighted by Crippen LogP contribution is -2.47. The van der Waals surface area contributed by atoms with Gasteiger partial charge in [0.2, 0.25) is 5.95 Å². The smallest absolute Gasteiger partial charge is 0.226 e. The van der Waals surface area contributed by atoms with Crippen molar-refractivity contribution in [1.29, 1.82) is 5.26 Å². The van der Waals surface area contributed by atoms with Gasteiger partial charge in [-0.25, -0.2) is 0 Å². The van der Waals surface area contributed by atoms with Gasteiger partial charge in [0.15, 0.2) is 5.82 Å². The minimum atomic E-state index is 0.342. The highest BCUT2D eigenvalue weighted by molar-refractivity contribution is 5.92. The van der Waals surface area contributed by atoms with Crippen LogP contribution in [0.15, 0.2) is 12.3 Å². The van der Waals surface area contributed by atoms with Crippen molar-refractivity contribution in [1.82, 2.24) is 30.0 Å². The van der Waals surface area contributed by atoms with Crippen LogP contribution in [0.2, 0.25) is 0 Å². The van der Waals surface area contributed by atoms with Crippen molar-refractivity contribution >= 4 is 28.6 Å². The van der Waals surface area contributed by atoms with Gasteiger partial charge in [-0.05, 0) is 45.1 Å². The van der Waals surface area contributed by atoms with Gasteiger partial charge in [0.05, 0.1) is 11.5 Å². The first-order valence-corrected chi connectivity index (χ1v) is 10.6. The van der Waals surface area contributed by atoms with Crippen molar-refractivity contribution in [2.45, 2.75) is 64.1 Å². The molecule has 2 aliphatic rings. The third kappa shape index (κ3) is 3.48. The molecule has 0 spiro atoms. The fourth-order valence-corrected chi connectivity index (χ4v) is 5.06. The van der Waals surface area contributed by atoms with Crippen LogP contribution in [0.25, 0.3) is 11.0 Å². The number of piperidine rings is 1. The molecule has 0 aromatic carbocycles. The Morgan fingerprint density at radius 3 is 2.73 bits per heavy atom. The molecule has 2 unspecified atom stereocenters. The van der Waals surface area contributed by atoms with Crippen LogP contribution in [-0.4, -0.2) is 54.7 Å². The van der Waals surface area contributed by atoms with Crippen LogP contribution in [0.5, 0.6) is 0 Å². The molecule has 2 saturated heterocycles. The third-order valence-corrected chi connectivity index (χ3v) is 6.38. The monoisotopic (exact) mass is 405 g/mol. The van der Waals surface area contributed by atoms with E-state index in [1.54, 1.807) is 0 Å². The first-order valence-electron chi connectivity index (χ1n) is 10.6. The number of rotatable bonds is 6. The summed E-state index contributed by atoms with van der Waals surface area (Å²) >= 11 is 0. The maximum atomic E-state index is 8.94. The van der Waals surface area contributed by atoms with E-state index in [9.17, 15) is 0 Å². The van der Waals surface area contributed by atoms with Crippen molar-refractivity contribution in [3.05, 3.63) is 23.5 Å². The Hall–Kier alpha value is -3.12. The first-order chi connectivity index (χ1) is 14.6. The van der Waals surface area contributed by atoms with Gasteiger partial charge in [0.25, 0.3) is 0 Å². The molecule has 9 nitrogen and oxygen atoms in total. The van der Waals surface area contributed by atoms with E-state index in [4.69, 9.17) is 15.2 Å². The number of H-pyrrole nitrogens is 2. The highest BCUT2D eigenvalue weighted by Gasteiger charge is 2.40. The maximum absolute atomic E-state index is 8.94. The topological polar surface area (TPSA) is 121 Å². The summed E-state index contributed by atoms with van der Waals surface area (Å²) in [5, 5.41) is 24.1. The molecule has 9 heteroatoms. The van der Waals surface area contributed by atoms with Gasteiger partial charge in [0, 0.05) is 49.0 Å². The summed E-state index contributed by atoms with van der Waals surface area (Å²) in [6, 6.07) is 5.69. The Kier molecular flexibility index (Phi) is 4.79. The number of nitrogens with zero attached hydrogens (tertiary/aromatic N) is 5. The van der Waals surface area contributed by atoms with E-state index in [0.29, 0.717) is 30.5 Å². The van der Waals surface area contributed by atoms with E-state index in [1.807, 2.05) is 26.1 Å². The van der Waals surface area contributed by atoms with E-state index < -0.39 is 0 Å². The van der Waals surface area contributed by atoms with Gasteiger partial charge in [-0.3, -0.25) is 10.00 Å². The number of aromatic amines is 2. The molecule has 2 bridgehead atoms.